The zero-order valence-electron chi connectivity index (χ0n) is 14.6. The maximum atomic E-state index is 12.9. The smallest absolute Gasteiger partial charge is 0.339 e. The number of carbonyl (C=O) groups excluding carboxylic acids is 2. The molecule has 1 aliphatic heterocycles. The lowest BCUT2D eigenvalue weighted by molar-refractivity contribution is -0.0619. The van der Waals surface area contributed by atoms with Gasteiger partial charge in [0.25, 0.3) is 0 Å². The topological polar surface area (TPSA) is 72.6 Å². The van der Waals surface area contributed by atoms with Crippen molar-refractivity contribution in [1.29, 1.82) is 0 Å². The Morgan fingerprint density at radius 2 is 1.69 bits per heavy atom. The van der Waals surface area contributed by atoms with Gasteiger partial charge < -0.3 is 10.5 Å². The molecule has 2 unspecified atom stereocenters. The van der Waals surface area contributed by atoms with Crippen LogP contribution in [0.1, 0.15) is 33.6 Å². The van der Waals surface area contributed by atoms with E-state index in [2.05, 4.69) is 0 Å². The number of nitrogens with two attached hydrogens (primary N) is 1. The fourth-order valence-corrected chi connectivity index (χ4v) is 3.18. The van der Waals surface area contributed by atoms with Crippen LogP contribution < -0.4 is 5.73 Å². The quantitative estimate of drug-likeness (QED) is 0.504. The Labute approximate surface area is 159 Å². The molecule has 3 rings (SSSR count). The van der Waals surface area contributed by atoms with Gasteiger partial charge in [0.05, 0.1) is 11.5 Å². The largest absolute Gasteiger partial charge is 0.442 e. The highest BCUT2D eigenvalue weighted by molar-refractivity contribution is 5.98. The van der Waals surface area contributed by atoms with Crippen LogP contribution in [0.4, 0.5) is 5.69 Å². The fraction of sp³-hybridized carbons (Fsp3) is 0.300. The number of ketones is 1. The van der Waals surface area contributed by atoms with Gasteiger partial charge in [-0.15, -0.1) is 12.4 Å². The van der Waals surface area contributed by atoms with Crippen LogP contribution in [0.3, 0.4) is 0 Å². The van der Waals surface area contributed by atoms with Crippen molar-refractivity contribution in [3.63, 3.8) is 0 Å². The molecule has 0 aliphatic carbocycles. The molecule has 0 spiro atoms. The van der Waals surface area contributed by atoms with Gasteiger partial charge in [0, 0.05) is 17.8 Å². The molecule has 2 N–H and O–H groups in total. The zero-order chi connectivity index (χ0) is 17.8. The van der Waals surface area contributed by atoms with Crippen molar-refractivity contribution in [2.75, 3.05) is 19.3 Å². The van der Waals surface area contributed by atoms with Gasteiger partial charge in [-0.3, -0.25) is 9.69 Å². The molecule has 2 atom stereocenters. The van der Waals surface area contributed by atoms with Gasteiger partial charge in [0.1, 0.15) is 0 Å². The van der Waals surface area contributed by atoms with Crippen LogP contribution in [-0.2, 0) is 4.74 Å². The highest BCUT2D eigenvalue weighted by Gasteiger charge is 2.37. The number of piperidine rings is 1. The van der Waals surface area contributed by atoms with Gasteiger partial charge in [-0.25, -0.2) is 4.79 Å². The summed E-state index contributed by atoms with van der Waals surface area (Å²) in [5.41, 5.74) is 7.32. The number of nitrogens with zero attached hydrogens (tertiary/aromatic N) is 1. The summed E-state index contributed by atoms with van der Waals surface area (Å²) in [4.78, 5) is 27.3. The SMILES string of the molecule is CN1CCCC(C(=O)c2ccccc2)C1OC(=O)c1ccc(N)cc1.Cl. The number of anilines is 1. The second-order valence-electron chi connectivity index (χ2n) is 6.38. The van der Waals surface area contributed by atoms with E-state index < -0.39 is 12.2 Å². The standard InChI is InChI=1S/C20H22N2O3.ClH/c1-22-13-5-8-17(18(23)14-6-3-2-4-7-14)19(22)25-20(24)15-9-11-16(21)12-10-15;/h2-4,6-7,9-12,17,19H,5,8,13,21H2,1H3;1H. The van der Waals surface area contributed by atoms with Gasteiger partial charge in [0.15, 0.2) is 12.0 Å². The van der Waals surface area contributed by atoms with E-state index in [0.717, 1.165) is 13.0 Å². The molecule has 5 nitrogen and oxygen atoms in total. The number of hydrogen-bond acceptors (Lipinski definition) is 5. The van der Waals surface area contributed by atoms with E-state index in [1.165, 1.54) is 0 Å². The third kappa shape index (κ3) is 4.42. The van der Waals surface area contributed by atoms with E-state index in [4.69, 9.17) is 10.5 Å². The summed E-state index contributed by atoms with van der Waals surface area (Å²) in [6, 6.07) is 15.8. The lowest BCUT2D eigenvalue weighted by Crippen LogP contribution is -2.48. The van der Waals surface area contributed by atoms with Crippen molar-refractivity contribution < 1.29 is 14.3 Å². The van der Waals surface area contributed by atoms with E-state index in [1.807, 2.05) is 30.1 Å². The first-order valence-electron chi connectivity index (χ1n) is 8.42. The molecule has 6 heteroatoms. The second kappa shape index (κ2) is 8.83. The average Bonchev–Trinajstić information content (AvgIpc) is 2.64. The van der Waals surface area contributed by atoms with Crippen molar-refractivity contribution in [2.45, 2.75) is 19.1 Å². The van der Waals surface area contributed by atoms with Crippen LogP contribution in [0.15, 0.2) is 54.6 Å². The molecule has 26 heavy (non-hydrogen) atoms. The van der Waals surface area contributed by atoms with Crippen LogP contribution in [0.25, 0.3) is 0 Å². The molecule has 0 aromatic heterocycles. The highest BCUT2D eigenvalue weighted by Crippen LogP contribution is 2.28. The first-order valence-corrected chi connectivity index (χ1v) is 8.42. The fourth-order valence-electron chi connectivity index (χ4n) is 3.18. The number of nitrogen functional groups attached to an aromatic ring is 1. The minimum atomic E-state index is -0.563. The minimum absolute atomic E-state index is 0. The minimum Gasteiger partial charge on any atom is -0.442 e. The van der Waals surface area contributed by atoms with Crippen LogP contribution in [-0.4, -0.2) is 36.5 Å². The van der Waals surface area contributed by atoms with Crippen molar-refractivity contribution in [3.8, 4) is 0 Å². The molecule has 2 aromatic carbocycles. The van der Waals surface area contributed by atoms with Crippen molar-refractivity contribution in [2.24, 2.45) is 5.92 Å². The molecule has 0 radical (unpaired) electrons. The number of hydrogen-bond donors (Lipinski definition) is 1. The molecule has 2 aromatic rings. The first-order chi connectivity index (χ1) is 12.1. The molecule has 0 amide bonds. The van der Waals surface area contributed by atoms with Crippen molar-refractivity contribution >= 4 is 29.8 Å². The Kier molecular flexibility index (Phi) is 6.77. The monoisotopic (exact) mass is 374 g/mol. The van der Waals surface area contributed by atoms with Crippen molar-refractivity contribution in [3.05, 3.63) is 65.7 Å². The molecule has 1 heterocycles. The van der Waals surface area contributed by atoms with Crippen LogP contribution >= 0.6 is 12.4 Å². The van der Waals surface area contributed by atoms with Crippen LogP contribution in [0.2, 0.25) is 0 Å². The normalized spacial score (nSPS) is 20.0. The maximum absolute atomic E-state index is 12.9. The molecule has 138 valence electrons. The summed E-state index contributed by atoms with van der Waals surface area (Å²) in [5, 5.41) is 0. The summed E-state index contributed by atoms with van der Waals surface area (Å²) < 4.78 is 5.71. The molecule has 0 saturated carbocycles. The average molecular weight is 375 g/mol. The first kappa shape index (κ1) is 19.9. The maximum Gasteiger partial charge on any atom is 0.339 e. The number of halogens is 1. The number of benzene rings is 2. The third-order valence-corrected chi connectivity index (χ3v) is 4.57. The summed E-state index contributed by atoms with van der Waals surface area (Å²) in [6.45, 7) is 0.790. The number of carbonyl (C=O) groups is 2. The molecular weight excluding hydrogens is 352 g/mol. The lowest BCUT2D eigenvalue weighted by atomic mass is 9.88. The predicted octanol–water partition coefficient (Wildman–Crippen LogP) is 3.40. The van der Waals surface area contributed by atoms with E-state index >= 15 is 0 Å². The Morgan fingerprint density at radius 1 is 1.04 bits per heavy atom. The van der Waals surface area contributed by atoms with E-state index in [-0.39, 0.29) is 24.1 Å². The van der Waals surface area contributed by atoms with Gasteiger partial charge >= 0.3 is 5.97 Å². The third-order valence-electron chi connectivity index (χ3n) is 4.57. The van der Waals surface area contributed by atoms with Gasteiger partial charge in [-0.05, 0) is 44.2 Å². The predicted molar refractivity (Wildman–Crippen MR) is 103 cm³/mol. The molecule has 1 saturated heterocycles. The van der Waals surface area contributed by atoms with Crippen LogP contribution in [0, 0.1) is 5.92 Å². The van der Waals surface area contributed by atoms with Gasteiger partial charge in [-0.2, -0.15) is 0 Å². The van der Waals surface area contributed by atoms with E-state index in [9.17, 15) is 9.59 Å². The van der Waals surface area contributed by atoms with E-state index in [0.29, 0.717) is 23.2 Å². The summed E-state index contributed by atoms with van der Waals surface area (Å²) in [5.74, 6) is -0.786. The summed E-state index contributed by atoms with van der Waals surface area (Å²) in [6.07, 6.45) is 1.04. The number of Topliss-reactive ketones (excluding diaryl/α,β-unsaturated/α-hetero) is 1. The van der Waals surface area contributed by atoms with Gasteiger partial charge in [-0.1, -0.05) is 30.3 Å². The number of likely N-dealkylation sites (tertiary alicyclic amines) is 1. The molecular formula is C20H23ClN2O3. The van der Waals surface area contributed by atoms with Crippen molar-refractivity contribution in [1.82, 2.24) is 4.90 Å². The summed E-state index contributed by atoms with van der Waals surface area (Å²) >= 11 is 0. The molecule has 0 bridgehead atoms. The number of rotatable bonds is 4. The second-order valence-corrected chi connectivity index (χ2v) is 6.38. The van der Waals surface area contributed by atoms with Gasteiger partial charge in [0.2, 0.25) is 0 Å². The Morgan fingerprint density at radius 3 is 2.35 bits per heavy atom. The number of ether oxygens (including phenoxy) is 1. The highest BCUT2D eigenvalue weighted by atomic mass is 35.5. The van der Waals surface area contributed by atoms with E-state index in [1.54, 1.807) is 36.4 Å². The Balaban J connectivity index is 0.00000243. The number of esters is 1. The zero-order valence-corrected chi connectivity index (χ0v) is 15.4. The molecule has 1 fully saturated rings. The summed E-state index contributed by atoms with van der Waals surface area (Å²) in [7, 11) is 1.88. The molecule has 1 aliphatic rings. The van der Waals surface area contributed by atoms with Crippen LogP contribution in [0.5, 0.6) is 0 Å². The lowest BCUT2D eigenvalue weighted by Gasteiger charge is -2.37. The Hall–Kier alpha value is -2.37. The Bertz CT molecular complexity index is 749.